The number of anilines is 1. The molecule has 100 valence electrons. The normalized spacial score (nSPS) is 16.8. The summed E-state index contributed by atoms with van der Waals surface area (Å²) >= 11 is 0. The summed E-state index contributed by atoms with van der Waals surface area (Å²) < 4.78 is 1.67. The minimum atomic E-state index is 0.0993. The molecule has 1 amide bonds. The highest BCUT2D eigenvalue weighted by Crippen LogP contribution is 2.22. The number of aromatic nitrogens is 5. The largest absolute Gasteiger partial charge is 0.359 e. The lowest BCUT2D eigenvalue weighted by atomic mass is 9.96. The predicted molar refractivity (Wildman–Crippen MR) is 67.6 cm³/mol. The summed E-state index contributed by atoms with van der Waals surface area (Å²) in [5.41, 5.74) is 0.630. The molecule has 0 atom stereocenters. The van der Waals surface area contributed by atoms with Gasteiger partial charge in [0.1, 0.15) is 0 Å². The van der Waals surface area contributed by atoms with Crippen LogP contribution in [0.25, 0.3) is 5.65 Å². The fourth-order valence-electron chi connectivity index (χ4n) is 2.45. The molecule has 3 heterocycles. The van der Waals surface area contributed by atoms with Crippen LogP contribution in [0, 0.1) is 5.92 Å². The number of hydrogen-bond acceptors (Lipinski definition) is 6. The standard InChI is InChI=1S/C11H15N7O/c1-12-11(19)8-2-4-17(5-3-8)10-7-13-6-9-14-15-16-18(9)10/h6-8H,2-5H2,1H3,(H,12,19). The summed E-state index contributed by atoms with van der Waals surface area (Å²) in [6.07, 6.45) is 5.04. The monoisotopic (exact) mass is 261 g/mol. The van der Waals surface area contributed by atoms with Gasteiger partial charge in [0.25, 0.3) is 0 Å². The topological polar surface area (TPSA) is 88.3 Å². The summed E-state index contributed by atoms with van der Waals surface area (Å²) in [5.74, 6) is 1.10. The number of piperidine rings is 1. The van der Waals surface area contributed by atoms with Crippen LogP contribution in [0.15, 0.2) is 12.4 Å². The Morgan fingerprint density at radius 3 is 2.89 bits per heavy atom. The zero-order valence-corrected chi connectivity index (χ0v) is 10.7. The maximum absolute atomic E-state index is 11.6. The molecule has 1 fully saturated rings. The Kier molecular flexibility index (Phi) is 2.98. The number of nitrogens with one attached hydrogen (secondary N) is 1. The fraction of sp³-hybridized carbons (Fsp3) is 0.545. The number of rotatable bonds is 2. The van der Waals surface area contributed by atoms with Gasteiger partial charge in [0.15, 0.2) is 11.5 Å². The smallest absolute Gasteiger partial charge is 0.222 e. The van der Waals surface area contributed by atoms with Gasteiger partial charge in [-0.3, -0.25) is 9.78 Å². The van der Waals surface area contributed by atoms with E-state index in [0.29, 0.717) is 5.65 Å². The van der Waals surface area contributed by atoms with Crippen molar-refractivity contribution in [3.05, 3.63) is 12.4 Å². The molecule has 0 bridgehead atoms. The zero-order valence-electron chi connectivity index (χ0n) is 10.7. The lowest BCUT2D eigenvalue weighted by Crippen LogP contribution is -2.40. The average molecular weight is 261 g/mol. The van der Waals surface area contributed by atoms with E-state index in [1.54, 1.807) is 24.0 Å². The van der Waals surface area contributed by atoms with Crippen molar-refractivity contribution in [1.29, 1.82) is 0 Å². The van der Waals surface area contributed by atoms with Gasteiger partial charge in [-0.05, 0) is 23.3 Å². The first-order valence-electron chi connectivity index (χ1n) is 6.28. The maximum Gasteiger partial charge on any atom is 0.222 e. The Morgan fingerprint density at radius 1 is 1.37 bits per heavy atom. The lowest BCUT2D eigenvalue weighted by molar-refractivity contribution is -0.125. The van der Waals surface area contributed by atoms with E-state index in [0.717, 1.165) is 31.7 Å². The van der Waals surface area contributed by atoms with Crippen LogP contribution < -0.4 is 10.2 Å². The molecule has 8 heteroatoms. The lowest BCUT2D eigenvalue weighted by Gasteiger charge is -2.32. The predicted octanol–water partition coefficient (Wildman–Crippen LogP) is -0.518. The molecule has 0 unspecified atom stereocenters. The molecule has 0 aromatic carbocycles. The highest BCUT2D eigenvalue weighted by molar-refractivity contribution is 5.78. The van der Waals surface area contributed by atoms with Gasteiger partial charge < -0.3 is 10.2 Å². The number of nitrogens with zero attached hydrogens (tertiary/aromatic N) is 6. The first-order chi connectivity index (χ1) is 9.29. The Morgan fingerprint density at radius 2 is 2.16 bits per heavy atom. The van der Waals surface area contributed by atoms with Crippen LogP contribution >= 0.6 is 0 Å². The molecule has 0 saturated carbocycles. The molecule has 1 N–H and O–H groups in total. The molecule has 0 spiro atoms. The minimum absolute atomic E-state index is 0.0993. The molecular weight excluding hydrogens is 246 g/mol. The second kappa shape index (κ2) is 4.79. The molecule has 1 aliphatic rings. The van der Waals surface area contributed by atoms with Crippen LogP contribution in [-0.2, 0) is 4.79 Å². The van der Waals surface area contributed by atoms with Crippen LogP contribution in [0.1, 0.15) is 12.8 Å². The molecule has 3 rings (SSSR count). The summed E-state index contributed by atoms with van der Waals surface area (Å²) in [4.78, 5) is 17.9. The van der Waals surface area contributed by atoms with Crippen molar-refractivity contribution in [3.63, 3.8) is 0 Å². The van der Waals surface area contributed by atoms with Crippen LogP contribution in [0.3, 0.4) is 0 Å². The third-order valence-corrected chi connectivity index (χ3v) is 3.53. The first-order valence-corrected chi connectivity index (χ1v) is 6.28. The van der Waals surface area contributed by atoms with E-state index in [-0.39, 0.29) is 11.8 Å². The summed E-state index contributed by atoms with van der Waals surface area (Å²) in [6, 6.07) is 0. The zero-order chi connectivity index (χ0) is 13.2. The van der Waals surface area contributed by atoms with E-state index in [2.05, 4.69) is 30.7 Å². The molecule has 8 nitrogen and oxygen atoms in total. The van der Waals surface area contributed by atoms with E-state index in [4.69, 9.17) is 0 Å². The van der Waals surface area contributed by atoms with Crippen LogP contribution in [0.2, 0.25) is 0 Å². The number of tetrazole rings is 1. The van der Waals surface area contributed by atoms with E-state index < -0.39 is 0 Å². The molecule has 0 aliphatic carbocycles. The van der Waals surface area contributed by atoms with Crippen molar-refractivity contribution >= 4 is 17.4 Å². The van der Waals surface area contributed by atoms with Crippen molar-refractivity contribution in [2.75, 3.05) is 25.0 Å². The van der Waals surface area contributed by atoms with Gasteiger partial charge in [0.2, 0.25) is 5.91 Å². The van der Waals surface area contributed by atoms with Gasteiger partial charge in [0, 0.05) is 26.1 Å². The number of carbonyl (C=O) groups is 1. The van der Waals surface area contributed by atoms with Crippen LogP contribution in [0.4, 0.5) is 5.82 Å². The van der Waals surface area contributed by atoms with Gasteiger partial charge >= 0.3 is 0 Å². The van der Waals surface area contributed by atoms with Crippen molar-refractivity contribution in [1.82, 2.24) is 30.3 Å². The van der Waals surface area contributed by atoms with Crippen molar-refractivity contribution in [3.8, 4) is 0 Å². The molecule has 1 aliphatic heterocycles. The second-order valence-corrected chi connectivity index (χ2v) is 4.59. The van der Waals surface area contributed by atoms with Gasteiger partial charge in [-0.1, -0.05) is 0 Å². The molecule has 19 heavy (non-hydrogen) atoms. The van der Waals surface area contributed by atoms with Crippen molar-refractivity contribution < 1.29 is 4.79 Å². The third kappa shape index (κ3) is 2.09. The molecule has 0 radical (unpaired) electrons. The molecular formula is C11H15N7O. The third-order valence-electron chi connectivity index (χ3n) is 3.53. The Balaban J connectivity index is 1.78. The highest BCUT2D eigenvalue weighted by Gasteiger charge is 2.25. The summed E-state index contributed by atoms with van der Waals surface area (Å²) in [6.45, 7) is 1.61. The van der Waals surface area contributed by atoms with Crippen molar-refractivity contribution in [2.45, 2.75) is 12.8 Å². The number of hydrogen-bond donors (Lipinski definition) is 1. The molecule has 2 aromatic heterocycles. The van der Waals surface area contributed by atoms with Gasteiger partial charge in [-0.25, -0.2) is 0 Å². The van der Waals surface area contributed by atoms with Crippen LogP contribution in [0.5, 0.6) is 0 Å². The second-order valence-electron chi connectivity index (χ2n) is 4.59. The maximum atomic E-state index is 11.6. The number of fused-ring (bicyclic) bond motifs is 1. The Labute approximate surface area is 109 Å². The number of carbonyl (C=O) groups excluding carboxylic acids is 1. The van der Waals surface area contributed by atoms with Gasteiger partial charge in [0.05, 0.1) is 12.4 Å². The molecule has 1 saturated heterocycles. The quantitative estimate of drug-likeness (QED) is 0.782. The first kappa shape index (κ1) is 11.8. The summed E-state index contributed by atoms with van der Waals surface area (Å²) in [5, 5.41) is 14.2. The Bertz CT molecular complexity index is 587. The highest BCUT2D eigenvalue weighted by atomic mass is 16.1. The SMILES string of the molecule is CNC(=O)C1CCN(c2cncc3nnnn23)CC1. The Hall–Kier alpha value is -2.25. The molecule has 2 aromatic rings. The fourth-order valence-corrected chi connectivity index (χ4v) is 2.45. The van der Waals surface area contributed by atoms with E-state index >= 15 is 0 Å². The summed E-state index contributed by atoms with van der Waals surface area (Å²) in [7, 11) is 1.68. The minimum Gasteiger partial charge on any atom is -0.359 e. The van der Waals surface area contributed by atoms with Crippen molar-refractivity contribution in [2.24, 2.45) is 5.92 Å². The van der Waals surface area contributed by atoms with E-state index in [1.807, 2.05) is 0 Å². The number of amides is 1. The average Bonchev–Trinajstić information content (AvgIpc) is 2.95. The van der Waals surface area contributed by atoms with Gasteiger partial charge in [-0.2, -0.15) is 4.52 Å². The van der Waals surface area contributed by atoms with E-state index in [1.165, 1.54) is 0 Å². The van der Waals surface area contributed by atoms with E-state index in [9.17, 15) is 4.79 Å². The van der Waals surface area contributed by atoms with Crippen LogP contribution in [-0.4, -0.2) is 51.1 Å². The van der Waals surface area contributed by atoms with Gasteiger partial charge in [-0.15, -0.1) is 5.10 Å².